The summed E-state index contributed by atoms with van der Waals surface area (Å²) in [7, 11) is 2.12. The van der Waals surface area contributed by atoms with E-state index in [0.29, 0.717) is 10.6 Å². The minimum absolute atomic E-state index is 0.623. The maximum atomic E-state index is 8.71. The fourth-order valence-corrected chi connectivity index (χ4v) is 1.90. The van der Waals surface area contributed by atoms with Crippen molar-refractivity contribution in [2.75, 3.05) is 7.05 Å². The molecule has 0 radical (unpaired) electrons. The first-order valence-electron chi connectivity index (χ1n) is 5.09. The minimum atomic E-state index is 0.623. The largest absolute Gasteiger partial charge is 0.299 e. The molecule has 1 aromatic rings. The van der Waals surface area contributed by atoms with Gasteiger partial charge in [-0.25, -0.2) is 0 Å². The van der Waals surface area contributed by atoms with Gasteiger partial charge >= 0.3 is 0 Å². The van der Waals surface area contributed by atoms with Crippen molar-refractivity contribution in [1.29, 1.82) is 5.26 Å². The number of hydrogen-bond donors (Lipinski definition) is 0. The molecule has 0 bridgehead atoms. The zero-order chi connectivity index (χ0) is 10.8. The van der Waals surface area contributed by atoms with Gasteiger partial charge in [0, 0.05) is 17.6 Å². The summed E-state index contributed by atoms with van der Waals surface area (Å²) in [6, 6.07) is 8.32. The van der Waals surface area contributed by atoms with Crippen LogP contribution in [0.5, 0.6) is 0 Å². The molecule has 0 amide bonds. The van der Waals surface area contributed by atoms with E-state index in [-0.39, 0.29) is 0 Å². The summed E-state index contributed by atoms with van der Waals surface area (Å²) < 4.78 is 0. The third-order valence-electron chi connectivity index (χ3n) is 2.77. The summed E-state index contributed by atoms with van der Waals surface area (Å²) in [4.78, 5) is 2.31. The van der Waals surface area contributed by atoms with Gasteiger partial charge in [-0.2, -0.15) is 5.26 Å². The van der Waals surface area contributed by atoms with Gasteiger partial charge in [0.2, 0.25) is 0 Å². The Labute approximate surface area is 95.1 Å². The predicted octanol–water partition coefficient (Wildman–Crippen LogP) is 2.81. The van der Waals surface area contributed by atoms with Gasteiger partial charge in [0.1, 0.15) is 0 Å². The van der Waals surface area contributed by atoms with E-state index in [2.05, 4.69) is 18.0 Å². The summed E-state index contributed by atoms with van der Waals surface area (Å²) in [6.45, 7) is 0.870. The van der Waals surface area contributed by atoms with Crippen LogP contribution in [0.15, 0.2) is 18.2 Å². The van der Waals surface area contributed by atoms with Crippen molar-refractivity contribution in [3.8, 4) is 6.07 Å². The van der Waals surface area contributed by atoms with Crippen molar-refractivity contribution in [2.45, 2.75) is 25.4 Å². The molecule has 0 heterocycles. The fraction of sp³-hybridized carbons (Fsp3) is 0.417. The summed E-state index contributed by atoms with van der Waals surface area (Å²) in [5.74, 6) is 0. The normalized spacial score (nSPS) is 15.3. The van der Waals surface area contributed by atoms with Gasteiger partial charge in [0.15, 0.2) is 0 Å². The second kappa shape index (κ2) is 4.22. The molecule has 0 spiro atoms. The molecule has 0 aliphatic heterocycles. The lowest BCUT2D eigenvalue weighted by atomic mass is 10.1. The van der Waals surface area contributed by atoms with Crippen LogP contribution in [-0.2, 0) is 6.54 Å². The van der Waals surface area contributed by atoms with Crippen molar-refractivity contribution in [2.24, 2.45) is 0 Å². The number of hydrogen-bond acceptors (Lipinski definition) is 2. The molecule has 1 aliphatic carbocycles. The van der Waals surface area contributed by atoms with Crippen molar-refractivity contribution < 1.29 is 0 Å². The van der Waals surface area contributed by atoms with Crippen LogP contribution in [0.2, 0.25) is 5.02 Å². The summed E-state index contributed by atoms with van der Waals surface area (Å²) in [5.41, 5.74) is 1.72. The molecule has 3 heteroatoms. The second-order valence-corrected chi connectivity index (χ2v) is 4.47. The maximum absolute atomic E-state index is 8.71. The predicted molar refractivity (Wildman–Crippen MR) is 60.7 cm³/mol. The molecule has 1 saturated carbocycles. The van der Waals surface area contributed by atoms with E-state index in [1.54, 1.807) is 6.07 Å². The molecule has 0 N–H and O–H groups in total. The number of benzene rings is 1. The van der Waals surface area contributed by atoms with Crippen LogP contribution in [-0.4, -0.2) is 18.0 Å². The van der Waals surface area contributed by atoms with Crippen LogP contribution in [0.4, 0.5) is 0 Å². The Morgan fingerprint density at radius 3 is 2.80 bits per heavy atom. The summed E-state index contributed by atoms with van der Waals surface area (Å²) in [6.07, 6.45) is 2.59. The quantitative estimate of drug-likeness (QED) is 0.783. The molecule has 0 atom stereocenters. The van der Waals surface area contributed by atoms with E-state index >= 15 is 0 Å². The Morgan fingerprint density at radius 2 is 2.27 bits per heavy atom. The maximum Gasteiger partial charge on any atom is 0.0992 e. The number of nitrogens with zero attached hydrogens (tertiary/aromatic N) is 2. The summed E-state index contributed by atoms with van der Waals surface area (Å²) >= 11 is 6.10. The molecule has 0 saturated heterocycles. The molecule has 1 aromatic carbocycles. The average molecular weight is 221 g/mol. The zero-order valence-corrected chi connectivity index (χ0v) is 9.46. The van der Waals surface area contributed by atoms with Crippen molar-refractivity contribution in [3.05, 3.63) is 34.3 Å². The van der Waals surface area contributed by atoms with Gasteiger partial charge < -0.3 is 0 Å². The lowest BCUT2D eigenvalue weighted by Crippen LogP contribution is -2.20. The molecule has 2 rings (SSSR count). The topological polar surface area (TPSA) is 27.0 Å². The van der Waals surface area contributed by atoms with Crippen LogP contribution >= 0.6 is 11.6 Å². The highest BCUT2D eigenvalue weighted by Gasteiger charge is 2.26. The summed E-state index contributed by atoms with van der Waals surface area (Å²) in [5, 5.41) is 9.41. The minimum Gasteiger partial charge on any atom is -0.299 e. The van der Waals surface area contributed by atoms with E-state index in [4.69, 9.17) is 16.9 Å². The molecule has 0 aromatic heterocycles. The van der Waals surface area contributed by atoms with Crippen molar-refractivity contribution in [3.63, 3.8) is 0 Å². The average Bonchev–Trinajstić information content (AvgIpc) is 3.04. The lowest BCUT2D eigenvalue weighted by molar-refractivity contribution is 0.316. The van der Waals surface area contributed by atoms with E-state index in [1.807, 2.05) is 12.1 Å². The Morgan fingerprint density at radius 1 is 1.53 bits per heavy atom. The fourth-order valence-electron chi connectivity index (χ4n) is 1.66. The first-order chi connectivity index (χ1) is 7.20. The second-order valence-electron chi connectivity index (χ2n) is 4.06. The van der Waals surface area contributed by atoms with E-state index in [9.17, 15) is 0 Å². The van der Waals surface area contributed by atoms with Crippen molar-refractivity contribution in [1.82, 2.24) is 4.90 Å². The third-order valence-corrected chi connectivity index (χ3v) is 3.12. The zero-order valence-electron chi connectivity index (χ0n) is 8.70. The van der Waals surface area contributed by atoms with Gasteiger partial charge in [0.05, 0.1) is 11.6 Å². The highest BCUT2D eigenvalue weighted by atomic mass is 35.5. The standard InChI is InChI=1S/C12H13ClN2/c1-15(11-4-5-11)8-10-3-2-9(7-14)6-12(10)13/h2-3,6,11H,4-5,8H2,1H3. The lowest BCUT2D eigenvalue weighted by Gasteiger charge is -2.16. The molecule has 0 unspecified atom stereocenters. The Hall–Kier alpha value is -1.04. The number of halogens is 1. The highest BCUT2D eigenvalue weighted by molar-refractivity contribution is 6.31. The van der Waals surface area contributed by atoms with Crippen LogP contribution in [0.1, 0.15) is 24.0 Å². The van der Waals surface area contributed by atoms with Crippen molar-refractivity contribution >= 4 is 11.6 Å². The first-order valence-corrected chi connectivity index (χ1v) is 5.47. The van der Waals surface area contributed by atoms with Crippen LogP contribution in [0.3, 0.4) is 0 Å². The highest BCUT2D eigenvalue weighted by Crippen LogP contribution is 2.28. The third kappa shape index (κ3) is 2.50. The Balaban J connectivity index is 2.11. The van der Waals surface area contributed by atoms with Gasteiger partial charge in [-0.1, -0.05) is 17.7 Å². The molecular weight excluding hydrogens is 208 g/mol. The molecular formula is C12H13ClN2. The van der Waals surface area contributed by atoms with Gasteiger partial charge in [-0.3, -0.25) is 4.90 Å². The van der Waals surface area contributed by atoms with E-state index in [0.717, 1.165) is 18.2 Å². The van der Waals surface area contributed by atoms with Crippen LogP contribution < -0.4 is 0 Å². The molecule has 2 nitrogen and oxygen atoms in total. The first kappa shape index (κ1) is 10.5. The van der Waals surface area contributed by atoms with Gasteiger partial charge in [-0.05, 0) is 37.6 Å². The molecule has 15 heavy (non-hydrogen) atoms. The van der Waals surface area contributed by atoms with Crippen LogP contribution in [0, 0.1) is 11.3 Å². The number of nitriles is 1. The molecule has 1 aliphatic rings. The smallest absolute Gasteiger partial charge is 0.0992 e. The number of rotatable bonds is 3. The molecule has 1 fully saturated rings. The molecule has 78 valence electrons. The van der Waals surface area contributed by atoms with Gasteiger partial charge in [0.25, 0.3) is 0 Å². The van der Waals surface area contributed by atoms with E-state index in [1.165, 1.54) is 12.8 Å². The monoisotopic (exact) mass is 220 g/mol. The van der Waals surface area contributed by atoms with Gasteiger partial charge in [-0.15, -0.1) is 0 Å². The Kier molecular flexibility index (Phi) is 2.95. The SMILES string of the molecule is CN(Cc1ccc(C#N)cc1Cl)C1CC1. The van der Waals surface area contributed by atoms with E-state index < -0.39 is 0 Å². The van der Waals surface area contributed by atoms with Crippen LogP contribution in [0.25, 0.3) is 0 Å². The Bertz CT molecular complexity index is 405.